The minimum Gasteiger partial charge on any atom is -0.486 e. The largest absolute Gasteiger partial charge is 0.486 e. The highest BCUT2D eigenvalue weighted by Crippen LogP contribution is 2.36. The van der Waals surface area contributed by atoms with E-state index in [1.165, 1.54) is 18.2 Å². The molecule has 33 heavy (non-hydrogen) atoms. The quantitative estimate of drug-likeness (QED) is 0.735. The zero-order valence-corrected chi connectivity index (χ0v) is 19.0. The number of allylic oxidation sites excluding steroid dienone is 2. The topological polar surface area (TPSA) is 102 Å². The number of benzene rings is 2. The van der Waals surface area contributed by atoms with Gasteiger partial charge in [-0.3, -0.25) is 14.3 Å². The van der Waals surface area contributed by atoms with Crippen LogP contribution in [0.15, 0.2) is 53.1 Å². The molecule has 1 N–H and O–H groups in total. The van der Waals surface area contributed by atoms with Crippen molar-refractivity contribution in [3.05, 3.63) is 64.2 Å². The number of carbonyl (C=O) groups excluding carboxylic acids is 2. The number of fused-ring (bicyclic) bond motifs is 2. The molecular formula is C24H24N2O6S. The standard InChI is InChI=1S/C24H24N2O6S/c1-15-8-10-26(11-9-15)21-22(27)17-4-2-3-5-18(17)23(28)24(21)33(29,30)25-16-6-7-19-20(14-16)32-13-12-31-19/h2-7,14-15,25H,8-13H2,1H3. The summed E-state index contributed by atoms with van der Waals surface area (Å²) >= 11 is 0. The highest BCUT2D eigenvalue weighted by atomic mass is 32.2. The van der Waals surface area contributed by atoms with Crippen molar-refractivity contribution in [1.29, 1.82) is 0 Å². The zero-order chi connectivity index (χ0) is 23.2. The molecule has 0 bridgehead atoms. The molecule has 3 aliphatic rings. The number of sulfonamides is 1. The third kappa shape index (κ3) is 3.86. The average molecular weight is 469 g/mol. The van der Waals surface area contributed by atoms with Crippen LogP contribution < -0.4 is 14.2 Å². The van der Waals surface area contributed by atoms with E-state index in [-0.39, 0.29) is 22.5 Å². The number of hydrogen-bond acceptors (Lipinski definition) is 7. The van der Waals surface area contributed by atoms with E-state index in [4.69, 9.17) is 9.47 Å². The lowest BCUT2D eigenvalue weighted by Gasteiger charge is -2.35. The van der Waals surface area contributed by atoms with Gasteiger partial charge in [-0.25, -0.2) is 8.42 Å². The molecule has 0 atom stereocenters. The van der Waals surface area contributed by atoms with Gasteiger partial charge in [0.25, 0.3) is 10.0 Å². The maximum atomic E-state index is 13.6. The Balaban J connectivity index is 1.59. The van der Waals surface area contributed by atoms with E-state index in [1.807, 2.05) is 0 Å². The number of nitrogens with zero attached hydrogens (tertiary/aromatic N) is 1. The molecule has 1 saturated heterocycles. The number of rotatable bonds is 4. The second-order valence-corrected chi connectivity index (χ2v) is 10.1. The number of likely N-dealkylation sites (tertiary alicyclic amines) is 1. The Bertz CT molecular complexity index is 1280. The van der Waals surface area contributed by atoms with Gasteiger partial charge < -0.3 is 14.4 Å². The first-order valence-corrected chi connectivity index (χ1v) is 12.4. The minimum absolute atomic E-state index is 0.0457. The molecule has 2 aromatic rings. The summed E-state index contributed by atoms with van der Waals surface area (Å²) in [7, 11) is -4.38. The van der Waals surface area contributed by atoms with Crippen LogP contribution in [0.2, 0.25) is 0 Å². The molecule has 2 heterocycles. The van der Waals surface area contributed by atoms with Gasteiger partial charge in [0.05, 0.1) is 5.69 Å². The van der Waals surface area contributed by atoms with Crippen LogP contribution in [0.4, 0.5) is 5.69 Å². The van der Waals surface area contributed by atoms with E-state index in [2.05, 4.69) is 11.6 Å². The van der Waals surface area contributed by atoms with Gasteiger partial charge in [0.1, 0.15) is 18.9 Å². The third-order valence-electron chi connectivity index (χ3n) is 6.22. The Kier molecular flexibility index (Phi) is 5.36. The number of piperidine rings is 1. The summed E-state index contributed by atoms with van der Waals surface area (Å²) in [6.45, 7) is 3.92. The molecule has 0 unspecified atom stereocenters. The van der Waals surface area contributed by atoms with Gasteiger partial charge in [-0.1, -0.05) is 31.2 Å². The maximum Gasteiger partial charge on any atom is 0.268 e. The summed E-state index contributed by atoms with van der Waals surface area (Å²) in [5.74, 6) is 0.284. The molecule has 2 aliphatic heterocycles. The molecule has 0 saturated carbocycles. The first kappa shape index (κ1) is 21.5. The van der Waals surface area contributed by atoms with Crippen LogP contribution in [0.3, 0.4) is 0 Å². The predicted octanol–water partition coefficient (Wildman–Crippen LogP) is 3.22. The van der Waals surface area contributed by atoms with E-state index >= 15 is 0 Å². The number of ketones is 2. The van der Waals surface area contributed by atoms with Crippen molar-refractivity contribution in [1.82, 2.24) is 4.90 Å². The smallest absolute Gasteiger partial charge is 0.268 e. The molecular weight excluding hydrogens is 444 g/mol. The number of anilines is 1. The molecule has 0 spiro atoms. The van der Waals surface area contributed by atoms with E-state index in [9.17, 15) is 18.0 Å². The number of carbonyl (C=O) groups is 2. The van der Waals surface area contributed by atoms with E-state index < -0.39 is 26.5 Å². The van der Waals surface area contributed by atoms with Crippen molar-refractivity contribution in [2.24, 2.45) is 5.92 Å². The van der Waals surface area contributed by atoms with E-state index in [0.717, 1.165) is 12.8 Å². The molecule has 5 rings (SSSR count). The van der Waals surface area contributed by atoms with Gasteiger partial charge in [-0.05, 0) is 30.9 Å². The predicted molar refractivity (Wildman–Crippen MR) is 122 cm³/mol. The second-order valence-electron chi connectivity index (χ2n) is 8.52. The second kappa shape index (κ2) is 8.22. The first-order valence-electron chi connectivity index (χ1n) is 11.0. The van der Waals surface area contributed by atoms with Gasteiger partial charge >= 0.3 is 0 Å². The molecule has 1 aliphatic carbocycles. The van der Waals surface area contributed by atoms with Gasteiger partial charge in [0.15, 0.2) is 16.4 Å². The summed E-state index contributed by atoms with van der Waals surface area (Å²) in [5.41, 5.74) is 0.502. The van der Waals surface area contributed by atoms with Crippen molar-refractivity contribution >= 4 is 27.3 Å². The van der Waals surface area contributed by atoms with Crippen molar-refractivity contribution in [2.45, 2.75) is 19.8 Å². The first-order chi connectivity index (χ1) is 15.8. The van der Waals surface area contributed by atoms with Crippen molar-refractivity contribution < 1.29 is 27.5 Å². The van der Waals surface area contributed by atoms with Crippen LogP contribution in [-0.2, 0) is 10.0 Å². The number of nitrogens with one attached hydrogen (secondary N) is 1. The van der Waals surface area contributed by atoms with Crippen LogP contribution >= 0.6 is 0 Å². The SMILES string of the molecule is CC1CCN(C2=C(S(=O)(=O)Nc3ccc4c(c3)OCCO4)C(=O)c3ccccc3C2=O)CC1. The lowest BCUT2D eigenvalue weighted by molar-refractivity contribution is 0.0933. The molecule has 0 amide bonds. The fourth-order valence-electron chi connectivity index (χ4n) is 4.42. The Morgan fingerprint density at radius 1 is 0.909 bits per heavy atom. The summed E-state index contributed by atoms with van der Waals surface area (Å²) in [5, 5.41) is 0. The molecule has 0 aromatic heterocycles. The summed E-state index contributed by atoms with van der Waals surface area (Å²) in [6.07, 6.45) is 1.63. The molecule has 1 fully saturated rings. The number of hydrogen-bond donors (Lipinski definition) is 1. The van der Waals surface area contributed by atoms with E-state index in [1.54, 1.807) is 29.2 Å². The summed E-state index contributed by atoms with van der Waals surface area (Å²) < 4.78 is 40.6. The normalized spacial score (nSPS) is 18.9. The molecule has 2 aromatic carbocycles. The minimum atomic E-state index is -4.38. The fraction of sp³-hybridized carbons (Fsp3) is 0.333. The monoisotopic (exact) mass is 468 g/mol. The van der Waals surface area contributed by atoms with Crippen molar-refractivity contribution in [3.63, 3.8) is 0 Å². The van der Waals surface area contributed by atoms with Crippen LogP contribution in [0.5, 0.6) is 11.5 Å². The lowest BCUT2D eigenvalue weighted by Crippen LogP contribution is -2.41. The summed E-state index contributed by atoms with van der Waals surface area (Å²) in [4.78, 5) is 28.2. The van der Waals surface area contributed by atoms with Crippen LogP contribution in [0.1, 0.15) is 40.5 Å². The molecule has 172 valence electrons. The third-order valence-corrected chi connectivity index (χ3v) is 7.64. The Hall–Kier alpha value is -3.33. The van der Waals surface area contributed by atoms with Crippen molar-refractivity contribution in [2.75, 3.05) is 31.0 Å². The van der Waals surface area contributed by atoms with Gasteiger partial charge in [0, 0.05) is 30.3 Å². The van der Waals surface area contributed by atoms with Crippen molar-refractivity contribution in [3.8, 4) is 11.5 Å². The van der Waals surface area contributed by atoms with Crippen LogP contribution in [0, 0.1) is 5.92 Å². The van der Waals surface area contributed by atoms with Gasteiger partial charge in [-0.2, -0.15) is 0 Å². The number of Topliss-reactive ketones (excluding diaryl/α,β-unsaturated/α-hetero) is 2. The number of ether oxygens (including phenoxy) is 2. The van der Waals surface area contributed by atoms with Gasteiger partial charge in [-0.15, -0.1) is 0 Å². The van der Waals surface area contributed by atoms with Crippen LogP contribution in [-0.4, -0.2) is 51.2 Å². The zero-order valence-electron chi connectivity index (χ0n) is 18.2. The molecule has 8 nitrogen and oxygen atoms in total. The molecule has 0 radical (unpaired) electrons. The highest BCUT2D eigenvalue weighted by molar-refractivity contribution is 7.97. The fourth-order valence-corrected chi connectivity index (χ4v) is 5.79. The molecule has 9 heteroatoms. The van der Waals surface area contributed by atoms with Gasteiger partial charge in [0.2, 0.25) is 11.6 Å². The summed E-state index contributed by atoms with van der Waals surface area (Å²) in [6, 6.07) is 11.0. The highest BCUT2D eigenvalue weighted by Gasteiger charge is 2.42. The van der Waals surface area contributed by atoms with E-state index in [0.29, 0.717) is 43.7 Å². The Morgan fingerprint density at radius 2 is 1.55 bits per heavy atom. The Labute approximate surface area is 192 Å². The Morgan fingerprint density at radius 3 is 2.24 bits per heavy atom. The maximum absolute atomic E-state index is 13.6. The van der Waals surface area contributed by atoms with Crippen LogP contribution in [0.25, 0.3) is 0 Å². The lowest BCUT2D eigenvalue weighted by atomic mass is 9.90. The average Bonchev–Trinajstić information content (AvgIpc) is 2.81.